The van der Waals surface area contributed by atoms with Gasteiger partial charge in [-0.25, -0.2) is 4.98 Å². The summed E-state index contributed by atoms with van der Waals surface area (Å²) >= 11 is 0. The molecule has 1 heterocycles. The summed E-state index contributed by atoms with van der Waals surface area (Å²) in [5, 5.41) is 0. The van der Waals surface area contributed by atoms with Gasteiger partial charge in [-0.1, -0.05) is 39.0 Å². The van der Waals surface area contributed by atoms with E-state index in [2.05, 4.69) is 37.9 Å². The van der Waals surface area contributed by atoms with E-state index in [1.807, 2.05) is 37.3 Å². The molecule has 0 aliphatic carbocycles. The van der Waals surface area contributed by atoms with Crippen LogP contribution in [0.2, 0.25) is 0 Å². The standard InChI is InChI=1S/C19H21NO2/c1-5-21-16-9-7-6-8-14(16)18-20-15-12-13(19(2,3)4)10-11-17(15)22-18/h6-12H,5H2,1-4H3. The number of nitrogens with zero attached hydrogens (tertiary/aromatic N) is 1. The van der Waals surface area contributed by atoms with E-state index in [1.54, 1.807) is 0 Å². The molecule has 1 aromatic heterocycles. The molecule has 3 aromatic rings. The van der Waals surface area contributed by atoms with Crippen molar-refractivity contribution in [3.63, 3.8) is 0 Å². The van der Waals surface area contributed by atoms with E-state index in [1.165, 1.54) is 5.56 Å². The number of fused-ring (bicyclic) bond motifs is 1. The van der Waals surface area contributed by atoms with E-state index in [4.69, 9.17) is 9.15 Å². The van der Waals surface area contributed by atoms with Crippen molar-refractivity contribution < 1.29 is 9.15 Å². The molecule has 22 heavy (non-hydrogen) atoms. The minimum atomic E-state index is 0.0938. The number of ether oxygens (including phenoxy) is 1. The number of benzene rings is 2. The van der Waals surface area contributed by atoms with Gasteiger partial charge in [0.2, 0.25) is 5.89 Å². The van der Waals surface area contributed by atoms with Crippen molar-refractivity contribution in [1.29, 1.82) is 0 Å². The molecule has 3 nitrogen and oxygen atoms in total. The molecular weight excluding hydrogens is 274 g/mol. The van der Waals surface area contributed by atoms with Crippen molar-refractivity contribution in [2.75, 3.05) is 6.61 Å². The zero-order valence-corrected chi connectivity index (χ0v) is 13.5. The van der Waals surface area contributed by atoms with Crippen molar-refractivity contribution in [3.05, 3.63) is 48.0 Å². The molecule has 3 heteroatoms. The molecule has 0 aliphatic heterocycles. The summed E-state index contributed by atoms with van der Waals surface area (Å²) < 4.78 is 11.6. The van der Waals surface area contributed by atoms with Gasteiger partial charge in [-0.15, -0.1) is 0 Å². The Morgan fingerprint density at radius 3 is 2.59 bits per heavy atom. The minimum absolute atomic E-state index is 0.0938. The van der Waals surface area contributed by atoms with Crippen LogP contribution in [-0.4, -0.2) is 11.6 Å². The minimum Gasteiger partial charge on any atom is -0.493 e. The lowest BCUT2D eigenvalue weighted by Crippen LogP contribution is -2.10. The molecule has 0 N–H and O–H groups in total. The van der Waals surface area contributed by atoms with Crippen LogP contribution in [0.1, 0.15) is 33.3 Å². The summed E-state index contributed by atoms with van der Waals surface area (Å²) in [6.07, 6.45) is 0. The third kappa shape index (κ3) is 2.71. The zero-order chi connectivity index (χ0) is 15.7. The fourth-order valence-electron chi connectivity index (χ4n) is 2.43. The molecule has 3 rings (SSSR count). The van der Waals surface area contributed by atoms with Crippen molar-refractivity contribution in [1.82, 2.24) is 4.98 Å². The van der Waals surface area contributed by atoms with Crippen molar-refractivity contribution >= 4 is 11.1 Å². The fraction of sp³-hybridized carbons (Fsp3) is 0.316. The van der Waals surface area contributed by atoms with Crippen molar-refractivity contribution in [2.45, 2.75) is 33.1 Å². The third-order valence-corrected chi connectivity index (χ3v) is 3.67. The SMILES string of the molecule is CCOc1ccccc1-c1nc2cc(C(C)(C)C)ccc2o1. The largest absolute Gasteiger partial charge is 0.493 e. The summed E-state index contributed by atoms with van der Waals surface area (Å²) in [5.41, 5.74) is 3.91. The molecule has 0 saturated carbocycles. The second kappa shape index (κ2) is 5.48. The predicted octanol–water partition coefficient (Wildman–Crippen LogP) is 5.19. The molecule has 0 radical (unpaired) electrons. The van der Waals surface area contributed by atoms with Gasteiger partial charge in [0.25, 0.3) is 0 Å². The Hall–Kier alpha value is -2.29. The Labute approximate surface area is 130 Å². The molecule has 0 unspecified atom stereocenters. The Balaban J connectivity index is 2.09. The topological polar surface area (TPSA) is 35.3 Å². The highest BCUT2D eigenvalue weighted by atomic mass is 16.5. The summed E-state index contributed by atoms with van der Waals surface area (Å²) in [6.45, 7) is 9.17. The molecule has 0 atom stereocenters. The first-order chi connectivity index (χ1) is 10.5. The van der Waals surface area contributed by atoms with Gasteiger partial charge in [0.05, 0.1) is 12.2 Å². The summed E-state index contributed by atoms with van der Waals surface area (Å²) in [5.74, 6) is 1.40. The van der Waals surface area contributed by atoms with Gasteiger partial charge in [-0.2, -0.15) is 0 Å². The molecule has 0 bridgehead atoms. The van der Waals surface area contributed by atoms with Crippen molar-refractivity contribution in [3.8, 4) is 17.2 Å². The van der Waals surface area contributed by atoms with Crippen LogP contribution >= 0.6 is 0 Å². The lowest BCUT2D eigenvalue weighted by Gasteiger charge is -2.18. The molecule has 0 amide bonds. The van der Waals surface area contributed by atoms with Gasteiger partial charge in [0.15, 0.2) is 5.58 Å². The van der Waals surface area contributed by atoms with Crippen molar-refractivity contribution in [2.24, 2.45) is 0 Å². The number of oxazole rings is 1. The quantitative estimate of drug-likeness (QED) is 0.667. The smallest absolute Gasteiger partial charge is 0.231 e. The van der Waals surface area contributed by atoms with E-state index < -0.39 is 0 Å². The maximum Gasteiger partial charge on any atom is 0.231 e. The van der Waals surface area contributed by atoms with Crippen LogP contribution in [0.25, 0.3) is 22.6 Å². The Bertz CT molecular complexity index is 797. The highest BCUT2D eigenvalue weighted by Crippen LogP contribution is 2.33. The normalized spacial score (nSPS) is 11.8. The average molecular weight is 295 g/mol. The van der Waals surface area contributed by atoms with Crippen LogP contribution in [0.4, 0.5) is 0 Å². The maximum absolute atomic E-state index is 5.92. The second-order valence-electron chi connectivity index (χ2n) is 6.38. The fourth-order valence-corrected chi connectivity index (χ4v) is 2.43. The van der Waals surface area contributed by atoms with Gasteiger partial charge < -0.3 is 9.15 Å². The summed E-state index contributed by atoms with van der Waals surface area (Å²) in [6, 6.07) is 14.0. The molecular formula is C19H21NO2. The molecule has 114 valence electrons. The van der Waals surface area contributed by atoms with E-state index in [9.17, 15) is 0 Å². The lowest BCUT2D eigenvalue weighted by atomic mass is 9.87. The van der Waals surface area contributed by atoms with Crippen LogP contribution < -0.4 is 4.74 Å². The van der Waals surface area contributed by atoms with Crippen LogP contribution in [0, 0.1) is 0 Å². The monoisotopic (exact) mass is 295 g/mol. The summed E-state index contributed by atoms with van der Waals surface area (Å²) in [7, 11) is 0. The first-order valence-corrected chi connectivity index (χ1v) is 7.62. The van der Waals surface area contributed by atoms with E-state index in [0.29, 0.717) is 12.5 Å². The van der Waals surface area contributed by atoms with Crippen LogP contribution in [-0.2, 0) is 5.41 Å². The maximum atomic E-state index is 5.92. The van der Waals surface area contributed by atoms with Gasteiger partial charge in [0, 0.05) is 0 Å². The molecule has 0 saturated heterocycles. The van der Waals surface area contributed by atoms with E-state index in [-0.39, 0.29) is 5.41 Å². The first kappa shape index (κ1) is 14.6. The summed E-state index contributed by atoms with van der Waals surface area (Å²) in [4.78, 5) is 4.65. The average Bonchev–Trinajstić information content (AvgIpc) is 2.90. The number of hydrogen-bond donors (Lipinski definition) is 0. The molecule has 0 fully saturated rings. The predicted molar refractivity (Wildman–Crippen MR) is 89.3 cm³/mol. The Morgan fingerprint density at radius 2 is 1.86 bits per heavy atom. The Morgan fingerprint density at radius 1 is 1.09 bits per heavy atom. The third-order valence-electron chi connectivity index (χ3n) is 3.67. The van der Waals surface area contributed by atoms with Gasteiger partial charge in [-0.3, -0.25) is 0 Å². The zero-order valence-electron chi connectivity index (χ0n) is 13.5. The molecule has 0 aliphatic rings. The second-order valence-corrected chi connectivity index (χ2v) is 6.38. The van der Waals surface area contributed by atoms with Crippen LogP contribution in [0.3, 0.4) is 0 Å². The van der Waals surface area contributed by atoms with Crippen LogP contribution in [0.5, 0.6) is 5.75 Å². The number of aromatic nitrogens is 1. The first-order valence-electron chi connectivity index (χ1n) is 7.62. The highest BCUT2D eigenvalue weighted by Gasteiger charge is 2.17. The highest BCUT2D eigenvalue weighted by molar-refractivity contribution is 5.78. The molecule has 2 aromatic carbocycles. The number of rotatable bonds is 3. The van der Waals surface area contributed by atoms with Gasteiger partial charge in [-0.05, 0) is 42.2 Å². The Kier molecular flexibility index (Phi) is 3.65. The lowest BCUT2D eigenvalue weighted by molar-refractivity contribution is 0.340. The van der Waals surface area contributed by atoms with E-state index in [0.717, 1.165) is 22.4 Å². The molecule has 0 spiro atoms. The number of hydrogen-bond acceptors (Lipinski definition) is 3. The number of para-hydroxylation sites is 1. The van der Waals surface area contributed by atoms with Gasteiger partial charge in [0.1, 0.15) is 11.3 Å². The van der Waals surface area contributed by atoms with Crippen LogP contribution in [0.15, 0.2) is 46.9 Å². The van der Waals surface area contributed by atoms with E-state index >= 15 is 0 Å². The van der Waals surface area contributed by atoms with Gasteiger partial charge >= 0.3 is 0 Å².